The maximum atomic E-state index is 13.2. The van der Waals surface area contributed by atoms with Gasteiger partial charge in [-0.2, -0.15) is 0 Å². The van der Waals surface area contributed by atoms with E-state index in [-0.39, 0.29) is 22.9 Å². The van der Waals surface area contributed by atoms with Gasteiger partial charge in [-0.3, -0.25) is 9.52 Å². The highest BCUT2D eigenvalue weighted by molar-refractivity contribution is 7.92. The van der Waals surface area contributed by atoms with Gasteiger partial charge < -0.3 is 4.90 Å². The summed E-state index contributed by atoms with van der Waals surface area (Å²) in [5.41, 5.74) is 2.06. The molecule has 0 fully saturated rings. The molecule has 1 aliphatic rings. The first-order valence-electron chi connectivity index (χ1n) is 9.13. The predicted octanol–water partition coefficient (Wildman–Crippen LogP) is 1.95. The maximum absolute atomic E-state index is 13.2. The second-order valence-electron chi connectivity index (χ2n) is 6.77. The first-order valence-corrected chi connectivity index (χ1v) is 12.5. The Labute approximate surface area is 171 Å². The van der Waals surface area contributed by atoms with Crippen LogP contribution >= 0.6 is 0 Å². The summed E-state index contributed by atoms with van der Waals surface area (Å²) >= 11 is 0. The topological polar surface area (TPSA) is 113 Å². The largest absolute Gasteiger partial charge is 0.308 e. The van der Waals surface area contributed by atoms with Crippen LogP contribution in [0.4, 0.5) is 11.4 Å². The molecule has 0 bridgehead atoms. The summed E-state index contributed by atoms with van der Waals surface area (Å²) in [5.74, 6) is -0.337. The van der Waals surface area contributed by atoms with Crippen LogP contribution in [-0.4, -0.2) is 42.1 Å². The second kappa shape index (κ2) is 8.13. The number of hydrogen-bond acceptors (Lipinski definition) is 5. The zero-order chi connectivity index (χ0) is 21.2. The first-order chi connectivity index (χ1) is 13.6. The van der Waals surface area contributed by atoms with Crippen LogP contribution in [0.15, 0.2) is 47.4 Å². The third-order valence-electron chi connectivity index (χ3n) is 4.52. The van der Waals surface area contributed by atoms with Gasteiger partial charge in [0.15, 0.2) is 0 Å². The van der Waals surface area contributed by atoms with E-state index in [4.69, 9.17) is 0 Å². The monoisotopic (exact) mass is 437 g/mol. The summed E-state index contributed by atoms with van der Waals surface area (Å²) in [5, 5.41) is 0. The van der Waals surface area contributed by atoms with Gasteiger partial charge in [-0.15, -0.1) is 0 Å². The van der Waals surface area contributed by atoms with Crippen molar-refractivity contribution in [1.82, 2.24) is 4.72 Å². The summed E-state index contributed by atoms with van der Waals surface area (Å²) < 4.78 is 52.7. The normalized spacial score (nSPS) is 14.3. The standard InChI is InChI=1S/C19H23N3O5S2/c1-3-20-29(26,27)15-8-4-7-14(13-15)19(23)22-12-6-9-16-17(21-28(2,24)25)10-5-11-18(16)22/h4-5,7-8,10-11,13,20-21H,3,6,9,12H2,1-2H3. The van der Waals surface area contributed by atoms with Crippen molar-refractivity contribution < 1.29 is 21.6 Å². The van der Waals surface area contributed by atoms with E-state index in [1.807, 2.05) is 0 Å². The van der Waals surface area contributed by atoms with E-state index in [1.54, 1.807) is 36.1 Å². The number of hydrogen-bond donors (Lipinski definition) is 2. The van der Waals surface area contributed by atoms with E-state index in [9.17, 15) is 21.6 Å². The van der Waals surface area contributed by atoms with Crippen LogP contribution in [-0.2, 0) is 26.5 Å². The third-order valence-corrected chi connectivity index (χ3v) is 6.65. The van der Waals surface area contributed by atoms with Crippen molar-refractivity contribution in [2.24, 2.45) is 0 Å². The molecule has 2 N–H and O–H groups in total. The Hall–Kier alpha value is -2.43. The van der Waals surface area contributed by atoms with Crippen LogP contribution in [0, 0.1) is 0 Å². The van der Waals surface area contributed by atoms with E-state index in [2.05, 4.69) is 9.44 Å². The minimum Gasteiger partial charge on any atom is -0.308 e. The fraction of sp³-hybridized carbons (Fsp3) is 0.316. The van der Waals surface area contributed by atoms with Crippen LogP contribution in [0.2, 0.25) is 0 Å². The number of amides is 1. The Kier molecular flexibility index (Phi) is 5.97. The number of fused-ring (bicyclic) bond motifs is 1. The number of nitrogens with one attached hydrogen (secondary N) is 2. The van der Waals surface area contributed by atoms with E-state index in [1.165, 1.54) is 18.2 Å². The average molecular weight is 438 g/mol. The Morgan fingerprint density at radius 2 is 1.83 bits per heavy atom. The van der Waals surface area contributed by atoms with Crippen molar-refractivity contribution in [3.63, 3.8) is 0 Å². The molecule has 0 unspecified atom stereocenters. The van der Waals surface area contributed by atoms with Crippen molar-refractivity contribution in [3.8, 4) is 0 Å². The number of benzene rings is 2. The molecule has 0 saturated carbocycles. The Morgan fingerprint density at radius 3 is 2.52 bits per heavy atom. The highest BCUT2D eigenvalue weighted by atomic mass is 32.2. The van der Waals surface area contributed by atoms with Crippen LogP contribution in [0.25, 0.3) is 0 Å². The number of nitrogens with zero attached hydrogens (tertiary/aromatic N) is 1. The van der Waals surface area contributed by atoms with Gasteiger partial charge in [0, 0.05) is 29.9 Å². The van der Waals surface area contributed by atoms with Gasteiger partial charge in [0.2, 0.25) is 20.0 Å². The molecule has 29 heavy (non-hydrogen) atoms. The molecule has 1 aliphatic heterocycles. The summed E-state index contributed by atoms with van der Waals surface area (Å²) in [4.78, 5) is 14.8. The second-order valence-corrected chi connectivity index (χ2v) is 10.3. The zero-order valence-electron chi connectivity index (χ0n) is 16.2. The van der Waals surface area contributed by atoms with E-state index < -0.39 is 20.0 Å². The molecule has 10 heteroatoms. The Balaban J connectivity index is 1.98. The fourth-order valence-electron chi connectivity index (χ4n) is 3.36. The summed E-state index contributed by atoms with van der Waals surface area (Å²) in [7, 11) is -7.14. The van der Waals surface area contributed by atoms with Gasteiger partial charge in [-0.25, -0.2) is 21.6 Å². The highest BCUT2D eigenvalue weighted by Gasteiger charge is 2.26. The lowest BCUT2D eigenvalue weighted by Gasteiger charge is -2.31. The van der Waals surface area contributed by atoms with Crippen molar-refractivity contribution in [1.29, 1.82) is 0 Å². The molecule has 0 atom stereocenters. The molecule has 0 aliphatic carbocycles. The average Bonchev–Trinajstić information content (AvgIpc) is 2.66. The van der Waals surface area contributed by atoms with Gasteiger partial charge in [0.1, 0.15) is 0 Å². The summed E-state index contributed by atoms with van der Waals surface area (Å²) in [6.45, 7) is 2.38. The molecule has 8 nitrogen and oxygen atoms in total. The SMILES string of the molecule is CCNS(=O)(=O)c1cccc(C(=O)N2CCCc3c(NS(C)(=O)=O)cccc32)c1. The number of sulfonamides is 2. The van der Waals surface area contributed by atoms with E-state index in [0.717, 1.165) is 11.8 Å². The predicted molar refractivity (Wildman–Crippen MR) is 112 cm³/mol. The van der Waals surface area contributed by atoms with Crippen molar-refractivity contribution in [2.45, 2.75) is 24.7 Å². The molecule has 3 rings (SSSR count). The smallest absolute Gasteiger partial charge is 0.258 e. The Morgan fingerprint density at radius 1 is 1.10 bits per heavy atom. The molecule has 1 amide bonds. The van der Waals surface area contributed by atoms with Crippen LogP contribution in [0.5, 0.6) is 0 Å². The fourth-order valence-corrected chi connectivity index (χ4v) is 5.03. The molecule has 0 spiro atoms. The lowest BCUT2D eigenvalue weighted by atomic mass is 9.99. The van der Waals surface area contributed by atoms with Gasteiger partial charge in [-0.1, -0.05) is 19.1 Å². The van der Waals surface area contributed by atoms with Gasteiger partial charge in [0.25, 0.3) is 5.91 Å². The van der Waals surface area contributed by atoms with Gasteiger partial charge >= 0.3 is 0 Å². The quantitative estimate of drug-likeness (QED) is 0.717. The van der Waals surface area contributed by atoms with Crippen LogP contribution in [0.3, 0.4) is 0 Å². The number of carbonyl (C=O) groups is 1. The first kappa shape index (κ1) is 21.3. The molecule has 0 radical (unpaired) electrons. The molecule has 2 aromatic carbocycles. The third kappa shape index (κ3) is 4.77. The molecule has 0 saturated heterocycles. The minimum absolute atomic E-state index is 0.0231. The van der Waals surface area contributed by atoms with E-state index >= 15 is 0 Å². The summed E-state index contributed by atoms with van der Waals surface area (Å²) in [6.07, 6.45) is 2.37. The number of rotatable bonds is 6. The molecule has 0 aromatic heterocycles. The highest BCUT2D eigenvalue weighted by Crippen LogP contribution is 2.34. The molecule has 2 aromatic rings. The lowest BCUT2D eigenvalue weighted by molar-refractivity contribution is 0.0985. The van der Waals surface area contributed by atoms with Crippen LogP contribution in [0.1, 0.15) is 29.3 Å². The number of carbonyl (C=O) groups excluding carboxylic acids is 1. The van der Waals surface area contributed by atoms with Crippen molar-refractivity contribution in [3.05, 3.63) is 53.6 Å². The van der Waals surface area contributed by atoms with Gasteiger partial charge in [-0.05, 0) is 43.2 Å². The molecular weight excluding hydrogens is 414 g/mol. The minimum atomic E-state index is -3.68. The maximum Gasteiger partial charge on any atom is 0.258 e. The van der Waals surface area contributed by atoms with Crippen molar-refractivity contribution in [2.75, 3.05) is 29.0 Å². The summed E-state index contributed by atoms with van der Waals surface area (Å²) in [6, 6.07) is 11.0. The van der Waals surface area contributed by atoms with Crippen LogP contribution < -0.4 is 14.3 Å². The molecular formula is C19H23N3O5S2. The van der Waals surface area contributed by atoms with Crippen molar-refractivity contribution >= 4 is 37.3 Å². The molecule has 156 valence electrons. The van der Waals surface area contributed by atoms with E-state index in [0.29, 0.717) is 30.8 Å². The zero-order valence-corrected chi connectivity index (χ0v) is 17.8. The number of anilines is 2. The lowest BCUT2D eigenvalue weighted by Crippen LogP contribution is -2.36. The Bertz CT molecular complexity index is 1140. The van der Waals surface area contributed by atoms with Gasteiger partial charge in [0.05, 0.1) is 16.8 Å². The molecule has 1 heterocycles.